The second-order valence-electron chi connectivity index (χ2n) is 1.64. The first-order valence-electron chi connectivity index (χ1n) is 3.04. The van der Waals surface area contributed by atoms with Gasteiger partial charge in [0.2, 0.25) is 0 Å². The molecule has 0 N–H and O–H groups in total. The van der Waals surface area contributed by atoms with E-state index in [0.717, 1.165) is 0 Å². The van der Waals surface area contributed by atoms with E-state index in [1.165, 1.54) is 0 Å². The van der Waals surface area contributed by atoms with Crippen molar-refractivity contribution < 1.29 is 9.47 Å². The molecule has 0 aromatic heterocycles. The van der Waals surface area contributed by atoms with E-state index in [0.29, 0.717) is 12.5 Å². The molecule has 0 radical (unpaired) electrons. The molecule has 2 nitrogen and oxygen atoms in total. The van der Waals surface area contributed by atoms with Crippen molar-refractivity contribution in [1.82, 2.24) is 0 Å². The normalized spacial score (nSPS) is 12.5. The highest BCUT2D eigenvalue weighted by molar-refractivity contribution is 6.17. The average Bonchev–Trinajstić information content (AvgIpc) is 1.97. The average molecular weight is 163 g/mol. The largest absolute Gasteiger partial charge is 0.352 e. The molecule has 0 aromatic carbocycles. The first-order chi connectivity index (χ1) is 4.81. The summed E-state index contributed by atoms with van der Waals surface area (Å²) in [6.07, 6.45) is 4.69. The van der Waals surface area contributed by atoms with Crippen LogP contribution in [-0.2, 0) is 9.47 Å². The number of rotatable bonds is 5. The van der Waals surface area contributed by atoms with Crippen molar-refractivity contribution in [3.63, 3.8) is 0 Å². The van der Waals surface area contributed by atoms with Gasteiger partial charge < -0.3 is 9.47 Å². The van der Waals surface area contributed by atoms with Gasteiger partial charge in [0, 0.05) is 5.88 Å². The molecule has 0 aliphatic rings. The van der Waals surface area contributed by atoms with Crippen molar-refractivity contribution in [3.8, 4) is 12.3 Å². The van der Waals surface area contributed by atoms with Crippen LogP contribution in [0.4, 0.5) is 0 Å². The highest BCUT2D eigenvalue weighted by atomic mass is 35.5. The lowest BCUT2D eigenvalue weighted by atomic mass is 10.7. The zero-order valence-electron chi connectivity index (χ0n) is 5.97. The van der Waals surface area contributed by atoms with E-state index in [4.69, 9.17) is 27.5 Å². The smallest absolute Gasteiger partial charge is 0.156 e. The predicted octanol–water partition coefficient (Wildman–Crippen LogP) is 1.24. The minimum absolute atomic E-state index is 0.255. The van der Waals surface area contributed by atoms with E-state index >= 15 is 0 Å². The van der Waals surface area contributed by atoms with Crippen molar-refractivity contribution in [3.05, 3.63) is 0 Å². The Morgan fingerprint density at radius 1 is 1.60 bits per heavy atom. The molecule has 0 aliphatic heterocycles. The second kappa shape index (κ2) is 6.88. The van der Waals surface area contributed by atoms with Crippen LogP contribution in [0, 0.1) is 12.3 Å². The molecule has 0 heterocycles. The molecule has 1 atom stereocenters. The Balaban J connectivity index is 3.10. The van der Waals surface area contributed by atoms with Gasteiger partial charge in [0.1, 0.15) is 6.61 Å². The summed E-state index contributed by atoms with van der Waals surface area (Å²) >= 11 is 5.36. The third-order valence-corrected chi connectivity index (χ3v) is 0.985. The molecule has 1 unspecified atom stereocenters. The van der Waals surface area contributed by atoms with E-state index < -0.39 is 0 Å². The van der Waals surface area contributed by atoms with Crippen molar-refractivity contribution in [1.29, 1.82) is 0 Å². The van der Waals surface area contributed by atoms with Crippen molar-refractivity contribution in [2.45, 2.75) is 13.2 Å². The van der Waals surface area contributed by atoms with Crippen LogP contribution in [0.25, 0.3) is 0 Å². The molecular formula is C7H11ClO2. The lowest BCUT2D eigenvalue weighted by molar-refractivity contribution is -0.116. The molecule has 58 valence electrons. The van der Waals surface area contributed by atoms with Crippen LogP contribution in [0.15, 0.2) is 0 Å². The van der Waals surface area contributed by atoms with Crippen LogP contribution in [-0.4, -0.2) is 25.4 Å². The lowest BCUT2D eigenvalue weighted by Crippen LogP contribution is -2.14. The summed E-state index contributed by atoms with van der Waals surface area (Å²) in [5.74, 6) is 2.82. The zero-order valence-corrected chi connectivity index (χ0v) is 6.73. The molecule has 0 saturated heterocycles. The Labute approximate surface area is 66.5 Å². The van der Waals surface area contributed by atoms with E-state index in [2.05, 4.69) is 5.92 Å². The number of alkyl halides is 1. The highest BCUT2D eigenvalue weighted by Crippen LogP contribution is 1.92. The molecule has 0 spiro atoms. The third-order valence-electron chi connectivity index (χ3n) is 0.831. The third kappa shape index (κ3) is 5.90. The molecule has 0 saturated carbocycles. The first-order valence-corrected chi connectivity index (χ1v) is 3.57. The zero-order chi connectivity index (χ0) is 7.82. The second-order valence-corrected chi connectivity index (χ2v) is 2.02. The van der Waals surface area contributed by atoms with Crippen LogP contribution in [0.3, 0.4) is 0 Å². The van der Waals surface area contributed by atoms with Gasteiger partial charge in [-0.2, -0.15) is 0 Å². The first kappa shape index (κ1) is 9.77. The van der Waals surface area contributed by atoms with Crippen LogP contribution in [0.1, 0.15) is 6.92 Å². The van der Waals surface area contributed by atoms with Crippen molar-refractivity contribution in [2.75, 3.05) is 19.1 Å². The summed E-state index contributed by atoms with van der Waals surface area (Å²) in [6.45, 7) is 2.56. The lowest BCUT2D eigenvalue weighted by Gasteiger charge is -2.10. The molecule has 0 amide bonds. The minimum atomic E-state index is -0.255. The van der Waals surface area contributed by atoms with Gasteiger partial charge in [-0.3, -0.25) is 0 Å². The Bertz CT molecular complexity index is 109. The van der Waals surface area contributed by atoms with Crippen molar-refractivity contribution in [2.24, 2.45) is 0 Å². The van der Waals surface area contributed by atoms with Crippen LogP contribution in [0.2, 0.25) is 0 Å². The van der Waals surface area contributed by atoms with Gasteiger partial charge in [-0.25, -0.2) is 0 Å². The summed E-state index contributed by atoms with van der Waals surface area (Å²) < 4.78 is 10.0. The van der Waals surface area contributed by atoms with E-state index in [1.54, 1.807) is 6.92 Å². The highest BCUT2D eigenvalue weighted by Gasteiger charge is 1.97. The number of hydrogen-bond acceptors (Lipinski definition) is 2. The van der Waals surface area contributed by atoms with E-state index in [-0.39, 0.29) is 12.9 Å². The Morgan fingerprint density at radius 2 is 2.30 bits per heavy atom. The van der Waals surface area contributed by atoms with E-state index in [1.807, 2.05) is 0 Å². The molecule has 10 heavy (non-hydrogen) atoms. The topological polar surface area (TPSA) is 18.5 Å². The predicted molar refractivity (Wildman–Crippen MR) is 40.9 cm³/mol. The van der Waals surface area contributed by atoms with Gasteiger partial charge in [0.25, 0.3) is 0 Å². The SMILES string of the molecule is C#CCOC(C)OCCCl. The fourth-order valence-electron chi connectivity index (χ4n) is 0.424. The van der Waals surface area contributed by atoms with Gasteiger partial charge in [-0.15, -0.1) is 18.0 Å². The van der Waals surface area contributed by atoms with Gasteiger partial charge in [0.05, 0.1) is 6.61 Å². The molecule has 0 fully saturated rings. The molecule has 0 rings (SSSR count). The van der Waals surface area contributed by atoms with E-state index in [9.17, 15) is 0 Å². The summed E-state index contributed by atoms with van der Waals surface area (Å²) in [7, 11) is 0. The van der Waals surface area contributed by atoms with Gasteiger partial charge in [-0.05, 0) is 6.92 Å². The fourth-order valence-corrected chi connectivity index (χ4v) is 0.513. The maximum Gasteiger partial charge on any atom is 0.156 e. The summed E-state index contributed by atoms with van der Waals surface area (Å²) in [6, 6.07) is 0. The quantitative estimate of drug-likeness (QED) is 0.344. The standard InChI is InChI=1S/C7H11ClO2/c1-3-5-9-7(2)10-6-4-8/h1,7H,4-6H2,2H3. The van der Waals surface area contributed by atoms with Gasteiger partial charge in [-0.1, -0.05) is 5.92 Å². The van der Waals surface area contributed by atoms with Crippen LogP contribution in [0.5, 0.6) is 0 Å². The molecular weight excluding hydrogens is 152 g/mol. The maximum absolute atomic E-state index is 5.36. The monoisotopic (exact) mass is 162 g/mol. The number of hydrogen-bond donors (Lipinski definition) is 0. The number of halogens is 1. The van der Waals surface area contributed by atoms with Crippen LogP contribution < -0.4 is 0 Å². The molecule has 0 aliphatic carbocycles. The van der Waals surface area contributed by atoms with Crippen molar-refractivity contribution >= 4 is 11.6 Å². The Hall–Kier alpha value is -0.230. The fraction of sp³-hybridized carbons (Fsp3) is 0.714. The summed E-state index contributed by atoms with van der Waals surface area (Å²) in [4.78, 5) is 0. The minimum Gasteiger partial charge on any atom is -0.352 e. The Morgan fingerprint density at radius 3 is 2.80 bits per heavy atom. The molecule has 3 heteroatoms. The maximum atomic E-state index is 5.36. The number of ether oxygens (including phenoxy) is 2. The molecule has 0 bridgehead atoms. The Kier molecular flexibility index (Phi) is 6.73. The summed E-state index contributed by atoms with van der Waals surface area (Å²) in [5, 5.41) is 0. The van der Waals surface area contributed by atoms with Gasteiger partial charge in [0.15, 0.2) is 6.29 Å². The summed E-state index contributed by atoms with van der Waals surface area (Å²) in [5.41, 5.74) is 0. The van der Waals surface area contributed by atoms with Gasteiger partial charge >= 0.3 is 0 Å². The van der Waals surface area contributed by atoms with Crippen LogP contribution >= 0.6 is 11.6 Å². The number of terminal acetylenes is 1. The molecule has 0 aromatic rings.